The van der Waals surface area contributed by atoms with Crippen molar-refractivity contribution in [2.75, 3.05) is 38.8 Å². The summed E-state index contributed by atoms with van der Waals surface area (Å²) in [5, 5.41) is 16.0. The Hall–Kier alpha value is -2.16. The first kappa shape index (κ1) is 17.7. The van der Waals surface area contributed by atoms with Crippen LogP contribution >= 0.6 is 0 Å². The summed E-state index contributed by atoms with van der Waals surface area (Å²) in [7, 11) is 3.57. The summed E-state index contributed by atoms with van der Waals surface area (Å²) in [5.41, 5.74) is 2.19. The lowest BCUT2D eigenvalue weighted by Crippen LogP contribution is -2.48. The van der Waals surface area contributed by atoms with Crippen molar-refractivity contribution < 1.29 is 19.4 Å². The normalized spacial score (nSPS) is 20.6. The summed E-state index contributed by atoms with van der Waals surface area (Å²) in [6.45, 7) is 2.03. The van der Waals surface area contributed by atoms with E-state index in [1.165, 1.54) is 0 Å². The van der Waals surface area contributed by atoms with E-state index >= 15 is 0 Å². The number of carbonyl (C=O) groups excluding carboxylic acids is 1. The van der Waals surface area contributed by atoms with Gasteiger partial charge < -0.3 is 29.8 Å². The van der Waals surface area contributed by atoms with Gasteiger partial charge in [0.15, 0.2) is 0 Å². The van der Waals surface area contributed by atoms with Crippen molar-refractivity contribution >= 4 is 22.9 Å². The standard InChI is InChI=1S/C17H24N4O4/c1-21-14-4-3-11(9-13(14)20-17(21)18-6-8-24-2)16(23)19-12-5-7-25-10-15(12)22/h3-4,9,12,15,22H,5-8,10H2,1-2H3,(H,18,20)(H,19,23)/t12-,15-/m1/s1. The molecule has 1 aromatic heterocycles. The third-order valence-electron chi connectivity index (χ3n) is 4.38. The van der Waals surface area contributed by atoms with Gasteiger partial charge in [0.1, 0.15) is 0 Å². The van der Waals surface area contributed by atoms with E-state index in [0.717, 1.165) is 17.0 Å². The number of fused-ring (bicyclic) bond motifs is 1. The number of amides is 1. The Morgan fingerprint density at radius 3 is 3.12 bits per heavy atom. The lowest BCUT2D eigenvalue weighted by atomic mass is 10.1. The van der Waals surface area contributed by atoms with Crippen molar-refractivity contribution in [3.63, 3.8) is 0 Å². The fourth-order valence-corrected chi connectivity index (χ4v) is 2.91. The van der Waals surface area contributed by atoms with Crippen molar-refractivity contribution in [1.29, 1.82) is 0 Å². The number of ether oxygens (including phenoxy) is 2. The first-order valence-electron chi connectivity index (χ1n) is 8.36. The number of imidazole rings is 1. The zero-order chi connectivity index (χ0) is 17.8. The predicted octanol–water partition coefficient (Wildman–Crippen LogP) is 0.511. The van der Waals surface area contributed by atoms with E-state index in [0.29, 0.717) is 31.7 Å². The molecule has 0 bridgehead atoms. The Bertz CT molecular complexity index is 746. The molecule has 0 aliphatic carbocycles. The predicted molar refractivity (Wildman–Crippen MR) is 93.8 cm³/mol. The number of nitrogens with zero attached hydrogens (tertiary/aromatic N) is 2. The molecule has 1 saturated heterocycles. The molecule has 2 atom stereocenters. The summed E-state index contributed by atoms with van der Waals surface area (Å²) in [6.07, 6.45) is -0.0698. The minimum atomic E-state index is -0.673. The molecule has 0 spiro atoms. The second-order valence-corrected chi connectivity index (χ2v) is 6.13. The third-order valence-corrected chi connectivity index (χ3v) is 4.38. The number of hydrogen-bond donors (Lipinski definition) is 3. The minimum Gasteiger partial charge on any atom is -0.389 e. The van der Waals surface area contributed by atoms with Gasteiger partial charge in [0.05, 0.1) is 36.4 Å². The summed E-state index contributed by atoms with van der Waals surface area (Å²) in [5.74, 6) is 0.511. The molecule has 8 nitrogen and oxygen atoms in total. The summed E-state index contributed by atoms with van der Waals surface area (Å²) >= 11 is 0. The number of rotatable bonds is 6. The fourth-order valence-electron chi connectivity index (χ4n) is 2.91. The van der Waals surface area contributed by atoms with Gasteiger partial charge in [-0.3, -0.25) is 4.79 Å². The van der Waals surface area contributed by atoms with E-state index in [1.807, 2.05) is 17.7 Å². The van der Waals surface area contributed by atoms with Crippen molar-refractivity contribution in [1.82, 2.24) is 14.9 Å². The van der Waals surface area contributed by atoms with Gasteiger partial charge in [-0.1, -0.05) is 0 Å². The molecule has 136 valence electrons. The molecule has 0 unspecified atom stereocenters. The number of aryl methyl sites for hydroxylation is 1. The van der Waals surface area contributed by atoms with Crippen LogP contribution in [0.3, 0.4) is 0 Å². The molecule has 0 radical (unpaired) electrons. The zero-order valence-electron chi connectivity index (χ0n) is 14.5. The molecule has 1 aromatic carbocycles. The first-order valence-corrected chi connectivity index (χ1v) is 8.36. The quantitative estimate of drug-likeness (QED) is 0.658. The molecule has 1 aliphatic rings. The van der Waals surface area contributed by atoms with Gasteiger partial charge in [-0.05, 0) is 24.6 Å². The van der Waals surface area contributed by atoms with Crippen molar-refractivity contribution in [3.8, 4) is 0 Å². The molecule has 1 aliphatic heterocycles. The van der Waals surface area contributed by atoms with Gasteiger partial charge in [-0.25, -0.2) is 4.98 Å². The molecule has 25 heavy (non-hydrogen) atoms. The largest absolute Gasteiger partial charge is 0.389 e. The van der Waals surface area contributed by atoms with Crippen LogP contribution in [0.15, 0.2) is 18.2 Å². The number of aliphatic hydroxyl groups excluding tert-OH is 1. The number of anilines is 1. The van der Waals surface area contributed by atoms with Crippen LogP contribution in [0.4, 0.5) is 5.95 Å². The van der Waals surface area contributed by atoms with Gasteiger partial charge in [0.25, 0.3) is 5.91 Å². The Morgan fingerprint density at radius 2 is 2.36 bits per heavy atom. The molecule has 0 saturated carbocycles. The van der Waals surface area contributed by atoms with Crippen LogP contribution in [0.2, 0.25) is 0 Å². The van der Waals surface area contributed by atoms with Gasteiger partial charge in [0.2, 0.25) is 5.95 Å². The van der Waals surface area contributed by atoms with E-state index in [1.54, 1.807) is 19.2 Å². The highest BCUT2D eigenvalue weighted by atomic mass is 16.5. The second kappa shape index (κ2) is 7.81. The molecule has 1 amide bonds. The maximum atomic E-state index is 12.5. The number of aliphatic hydroxyl groups is 1. The van der Waals surface area contributed by atoms with E-state index < -0.39 is 6.10 Å². The highest BCUT2D eigenvalue weighted by Gasteiger charge is 2.25. The average molecular weight is 348 g/mol. The van der Waals surface area contributed by atoms with E-state index in [2.05, 4.69) is 15.6 Å². The summed E-state index contributed by atoms with van der Waals surface area (Å²) in [4.78, 5) is 17.0. The number of nitrogens with one attached hydrogen (secondary N) is 2. The average Bonchev–Trinajstić information content (AvgIpc) is 2.93. The molecule has 1 fully saturated rings. The van der Waals surface area contributed by atoms with Crippen LogP contribution in [-0.4, -0.2) is 66.2 Å². The van der Waals surface area contributed by atoms with Crippen LogP contribution < -0.4 is 10.6 Å². The van der Waals surface area contributed by atoms with Gasteiger partial charge in [-0.15, -0.1) is 0 Å². The van der Waals surface area contributed by atoms with Crippen LogP contribution in [-0.2, 0) is 16.5 Å². The zero-order valence-corrected chi connectivity index (χ0v) is 14.5. The Balaban J connectivity index is 1.74. The van der Waals surface area contributed by atoms with Crippen LogP contribution in [0.1, 0.15) is 16.8 Å². The Labute approximate surface area is 146 Å². The molecular weight excluding hydrogens is 324 g/mol. The monoisotopic (exact) mass is 348 g/mol. The second-order valence-electron chi connectivity index (χ2n) is 6.13. The molecule has 8 heteroatoms. The minimum absolute atomic E-state index is 0.215. The first-order chi connectivity index (χ1) is 12.1. The topological polar surface area (TPSA) is 97.6 Å². The fraction of sp³-hybridized carbons (Fsp3) is 0.529. The summed E-state index contributed by atoms with van der Waals surface area (Å²) < 4.78 is 12.1. The number of aromatic nitrogens is 2. The van der Waals surface area contributed by atoms with Crippen molar-refractivity contribution in [3.05, 3.63) is 23.8 Å². The highest BCUT2D eigenvalue weighted by molar-refractivity contribution is 5.97. The third kappa shape index (κ3) is 3.92. The molecule has 2 heterocycles. The van der Waals surface area contributed by atoms with Gasteiger partial charge >= 0.3 is 0 Å². The van der Waals surface area contributed by atoms with Crippen LogP contribution in [0, 0.1) is 0 Å². The van der Waals surface area contributed by atoms with Crippen molar-refractivity contribution in [2.45, 2.75) is 18.6 Å². The van der Waals surface area contributed by atoms with Crippen LogP contribution in [0.5, 0.6) is 0 Å². The SMILES string of the molecule is COCCNc1nc2cc(C(=O)N[C@@H]3CCOC[C@H]3O)ccc2n1C. The summed E-state index contributed by atoms with van der Waals surface area (Å²) in [6, 6.07) is 5.12. The number of hydrogen-bond acceptors (Lipinski definition) is 6. The molecule has 2 aromatic rings. The van der Waals surface area contributed by atoms with E-state index in [4.69, 9.17) is 9.47 Å². The lowest BCUT2D eigenvalue weighted by molar-refractivity contribution is -0.0260. The number of methoxy groups -OCH3 is 1. The Morgan fingerprint density at radius 1 is 1.52 bits per heavy atom. The van der Waals surface area contributed by atoms with Crippen LogP contribution in [0.25, 0.3) is 11.0 Å². The lowest BCUT2D eigenvalue weighted by Gasteiger charge is -2.28. The van der Waals surface area contributed by atoms with Crippen molar-refractivity contribution in [2.24, 2.45) is 7.05 Å². The molecular formula is C17H24N4O4. The smallest absolute Gasteiger partial charge is 0.251 e. The molecule has 3 rings (SSSR count). The highest BCUT2D eigenvalue weighted by Crippen LogP contribution is 2.20. The van der Waals surface area contributed by atoms with E-state index in [9.17, 15) is 9.90 Å². The van der Waals surface area contributed by atoms with E-state index in [-0.39, 0.29) is 18.6 Å². The Kier molecular flexibility index (Phi) is 5.52. The van der Waals surface area contributed by atoms with Gasteiger partial charge in [-0.2, -0.15) is 0 Å². The number of carbonyl (C=O) groups is 1. The maximum absolute atomic E-state index is 12.5. The number of benzene rings is 1. The van der Waals surface area contributed by atoms with Gasteiger partial charge in [0, 0.05) is 32.9 Å². The molecule has 3 N–H and O–H groups in total. The maximum Gasteiger partial charge on any atom is 0.251 e.